The molecule has 1 aromatic carbocycles. The van der Waals surface area contributed by atoms with Crippen molar-refractivity contribution in [2.75, 3.05) is 13.1 Å². The maximum atomic E-state index is 5.99. The molecule has 2 atom stereocenters. The quantitative estimate of drug-likeness (QED) is 0.863. The Bertz CT molecular complexity index is 603. The second-order valence-corrected chi connectivity index (χ2v) is 6.60. The van der Waals surface area contributed by atoms with E-state index >= 15 is 0 Å². The summed E-state index contributed by atoms with van der Waals surface area (Å²) < 4.78 is 5.39. The predicted octanol–water partition coefficient (Wildman–Crippen LogP) is 3.87. The summed E-state index contributed by atoms with van der Waals surface area (Å²) in [4.78, 5) is 6.88. The minimum absolute atomic E-state index is 0.602. The van der Waals surface area contributed by atoms with Gasteiger partial charge in [0, 0.05) is 23.7 Å². The fourth-order valence-electron chi connectivity index (χ4n) is 3.18. The van der Waals surface area contributed by atoms with E-state index in [9.17, 15) is 0 Å². The van der Waals surface area contributed by atoms with Crippen molar-refractivity contribution in [1.29, 1.82) is 0 Å². The Morgan fingerprint density at radius 1 is 1.29 bits per heavy atom. The zero-order chi connectivity index (χ0) is 14.8. The number of benzene rings is 1. The number of rotatable bonds is 3. The van der Waals surface area contributed by atoms with Crippen molar-refractivity contribution in [3.63, 3.8) is 0 Å². The number of likely N-dealkylation sites (tertiary alicyclic amines) is 1. The van der Waals surface area contributed by atoms with Crippen LogP contribution >= 0.6 is 11.6 Å². The molecule has 1 fully saturated rings. The molecule has 0 amide bonds. The summed E-state index contributed by atoms with van der Waals surface area (Å²) in [5, 5.41) is 4.74. The van der Waals surface area contributed by atoms with Crippen molar-refractivity contribution >= 4 is 11.6 Å². The highest BCUT2D eigenvalue weighted by molar-refractivity contribution is 6.30. The minimum atomic E-state index is 0.602. The Morgan fingerprint density at radius 3 is 2.76 bits per heavy atom. The molecule has 0 radical (unpaired) electrons. The van der Waals surface area contributed by atoms with Gasteiger partial charge in [-0.1, -0.05) is 42.7 Å². The first-order chi connectivity index (χ1) is 10.1. The van der Waals surface area contributed by atoms with E-state index in [0.29, 0.717) is 16.7 Å². The van der Waals surface area contributed by atoms with Gasteiger partial charge >= 0.3 is 0 Å². The molecule has 0 aliphatic carbocycles. The van der Waals surface area contributed by atoms with Gasteiger partial charge < -0.3 is 4.52 Å². The van der Waals surface area contributed by atoms with Crippen LogP contribution in [-0.4, -0.2) is 28.1 Å². The van der Waals surface area contributed by atoms with Gasteiger partial charge in [0.2, 0.25) is 11.7 Å². The summed E-state index contributed by atoms with van der Waals surface area (Å²) in [6, 6.07) is 7.51. The van der Waals surface area contributed by atoms with Gasteiger partial charge in [0.1, 0.15) is 0 Å². The normalized spacial score (nSPS) is 23.4. The molecule has 0 saturated carbocycles. The van der Waals surface area contributed by atoms with Crippen LogP contribution in [-0.2, 0) is 6.54 Å². The van der Waals surface area contributed by atoms with Crippen LogP contribution in [0, 0.1) is 11.8 Å². The number of hydrogen-bond acceptors (Lipinski definition) is 4. The van der Waals surface area contributed by atoms with E-state index in [-0.39, 0.29) is 0 Å². The van der Waals surface area contributed by atoms with Crippen molar-refractivity contribution in [2.45, 2.75) is 26.8 Å². The molecule has 2 unspecified atom stereocenters. The summed E-state index contributed by atoms with van der Waals surface area (Å²) >= 11 is 5.99. The van der Waals surface area contributed by atoms with E-state index in [4.69, 9.17) is 16.1 Å². The van der Waals surface area contributed by atoms with Crippen LogP contribution in [0.4, 0.5) is 0 Å². The second-order valence-electron chi connectivity index (χ2n) is 6.16. The number of nitrogens with zero attached hydrogens (tertiary/aromatic N) is 3. The molecule has 21 heavy (non-hydrogen) atoms. The molecule has 0 spiro atoms. The lowest BCUT2D eigenvalue weighted by Crippen LogP contribution is -2.38. The van der Waals surface area contributed by atoms with Gasteiger partial charge in [-0.15, -0.1) is 0 Å². The maximum Gasteiger partial charge on any atom is 0.241 e. The molecule has 2 aromatic rings. The van der Waals surface area contributed by atoms with E-state index in [1.807, 2.05) is 24.3 Å². The highest BCUT2D eigenvalue weighted by atomic mass is 35.5. The van der Waals surface area contributed by atoms with Gasteiger partial charge in [-0.05, 0) is 30.4 Å². The van der Waals surface area contributed by atoms with Crippen LogP contribution in [0.2, 0.25) is 5.02 Å². The van der Waals surface area contributed by atoms with Gasteiger partial charge in [0.25, 0.3) is 0 Å². The van der Waals surface area contributed by atoms with E-state index in [0.717, 1.165) is 37.0 Å². The average molecular weight is 306 g/mol. The molecule has 0 N–H and O–H groups in total. The standard InChI is InChI=1S/C16H20ClN3O/c1-11-6-12(2)9-20(8-11)10-15-18-16(19-21-15)13-4-3-5-14(17)7-13/h3-5,7,11-12H,6,8-10H2,1-2H3. The van der Waals surface area contributed by atoms with E-state index in [2.05, 4.69) is 28.9 Å². The van der Waals surface area contributed by atoms with Gasteiger partial charge in [0.15, 0.2) is 0 Å². The topological polar surface area (TPSA) is 42.2 Å². The van der Waals surface area contributed by atoms with Gasteiger partial charge in [-0.3, -0.25) is 4.90 Å². The van der Waals surface area contributed by atoms with Crippen molar-refractivity contribution < 1.29 is 4.52 Å². The summed E-state index contributed by atoms with van der Waals surface area (Å²) in [5.74, 6) is 2.73. The van der Waals surface area contributed by atoms with Crippen molar-refractivity contribution in [3.05, 3.63) is 35.2 Å². The third-order valence-electron chi connectivity index (χ3n) is 3.85. The molecule has 3 rings (SSSR count). The third kappa shape index (κ3) is 3.63. The van der Waals surface area contributed by atoms with Crippen molar-refractivity contribution in [2.24, 2.45) is 11.8 Å². The van der Waals surface area contributed by atoms with Crippen molar-refractivity contribution in [1.82, 2.24) is 15.0 Å². The summed E-state index contributed by atoms with van der Waals surface area (Å²) in [5.41, 5.74) is 0.887. The molecule has 1 aliphatic rings. The molecule has 4 nitrogen and oxygen atoms in total. The maximum absolute atomic E-state index is 5.99. The van der Waals surface area contributed by atoms with Crippen molar-refractivity contribution in [3.8, 4) is 11.4 Å². The Hall–Kier alpha value is -1.39. The zero-order valence-electron chi connectivity index (χ0n) is 12.4. The SMILES string of the molecule is CC1CC(C)CN(Cc2nc(-c3cccc(Cl)c3)no2)C1. The number of hydrogen-bond donors (Lipinski definition) is 0. The largest absolute Gasteiger partial charge is 0.338 e. The first-order valence-electron chi connectivity index (χ1n) is 7.41. The van der Waals surface area contributed by atoms with Crippen LogP contribution in [0.25, 0.3) is 11.4 Å². The highest BCUT2D eigenvalue weighted by Gasteiger charge is 2.23. The van der Waals surface area contributed by atoms with Crippen LogP contribution in [0.1, 0.15) is 26.2 Å². The van der Waals surface area contributed by atoms with Crippen LogP contribution in [0.15, 0.2) is 28.8 Å². The molecule has 2 heterocycles. The zero-order valence-corrected chi connectivity index (χ0v) is 13.2. The number of halogens is 1. The first-order valence-corrected chi connectivity index (χ1v) is 7.79. The smallest absolute Gasteiger partial charge is 0.241 e. The summed E-state index contributed by atoms with van der Waals surface area (Å²) in [6.45, 7) is 7.52. The molecule has 1 aliphatic heterocycles. The molecular formula is C16H20ClN3O. The predicted molar refractivity (Wildman–Crippen MR) is 83.0 cm³/mol. The Kier molecular flexibility index (Phi) is 4.27. The number of piperidine rings is 1. The van der Waals surface area contributed by atoms with E-state index in [1.54, 1.807) is 0 Å². The molecule has 1 aromatic heterocycles. The molecule has 1 saturated heterocycles. The Morgan fingerprint density at radius 2 is 2.05 bits per heavy atom. The van der Waals surface area contributed by atoms with E-state index in [1.165, 1.54) is 6.42 Å². The molecule has 0 bridgehead atoms. The monoisotopic (exact) mass is 305 g/mol. The lowest BCUT2D eigenvalue weighted by atomic mass is 9.92. The summed E-state index contributed by atoms with van der Waals surface area (Å²) in [7, 11) is 0. The van der Waals surface area contributed by atoms with Gasteiger partial charge in [0.05, 0.1) is 6.54 Å². The highest BCUT2D eigenvalue weighted by Crippen LogP contribution is 2.23. The molecular weight excluding hydrogens is 286 g/mol. The molecule has 112 valence electrons. The number of aromatic nitrogens is 2. The first kappa shape index (κ1) is 14.5. The molecule has 5 heteroatoms. The lowest BCUT2D eigenvalue weighted by Gasteiger charge is -2.33. The average Bonchev–Trinajstić information content (AvgIpc) is 2.86. The Labute approximate surface area is 130 Å². The third-order valence-corrected chi connectivity index (χ3v) is 4.09. The minimum Gasteiger partial charge on any atom is -0.338 e. The van der Waals surface area contributed by atoms with E-state index < -0.39 is 0 Å². The fourth-order valence-corrected chi connectivity index (χ4v) is 3.37. The van der Waals surface area contributed by atoms with Crippen LogP contribution in [0.3, 0.4) is 0 Å². The lowest BCUT2D eigenvalue weighted by molar-refractivity contribution is 0.121. The summed E-state index contributed by atoms with van der Waals surface area (Å²) in [6.07, 6.45) is 1.30. The van der Waals surface area contributed by atoms with Crippen LogP contribution in [0.5, 0.6) is 0 Å². The van der Waals surface area contributed by atoms with Crippen LogP contribution < -0.4 is 0 Å². The second kappa shape index (κ2) is 6.16. The van der Waals surface area contributed by atoms with Gasteiger partial charge in [-0.25, -0.2) is 0 Å². The Balaban J connectivity index is 1.70. The van der Waals surface area contributed by atoms with Gasteiger partial charge in [-0.2, -0.15) is 4.98 Å². The fraction of sp³-hybridized carbons (Fsp3) is 0.500.